The highest BCUT2D eigenvalue weighted by molar-refractivity contribution is 6.06. The summed E-state index contributed by atoms with van der Waals surface area (Å²) in [6.07, 6.45) is 3.83. The highest BCUT2D eigenvalue weighted by Gasteiger charge is 2.12. The largest absolute Gasteiger partial charge is 0.397 e. The van der Waals surface area contributed by atoms with Crippen LogP contribution in [0.25, 0.3) is 0 Å². The molecule has 0 aliphatic carbocycles. The summed E-state index contributed by atoms with van der Waals surface area (Å²) >= 11 is 0. The Morgan fingerprint density at radius 2 is 2.18 bits per heavy atom. The molecule has 6 heteroatoms. The van der Waals surface area contributed by atoms with Crippen LogP contribution in [-0.2, 0) is 0 Å². The van der Waals surface area contributed by atoms with Crippen molar-refractivity contribution in [2.75, 3.05) is 11.1 Å². The predicted molar refractivity (Wildman–Crippen MR) is 60.8 cm³/mol. The Morgan fingerprint density at radius 3 is 2.88 bits per heavy atom. The lowest BCUT2D eigenvalue weighted by Crippen LogP contribution is -2.16. The van der Waals surface area contributed by atoms with E-state index in [9.17, 15) is 9.18 Å². The average Bonchev–Trinajstić information content (AvgIpc) is 2.32. The third-order valence-corrected chi connectivity index (χ3v) is 2.07. The van der Waals surface area contributed by atoms with Gasteiger partial charge in [0.2, 0.25) is 0 Å². The second-order valence-corrected chi connectivity index (χ2v) is 3.25. The highest BCUT2D eigenvalue weighted by atomic mass is 19.1. The second-order valence-electron chi connectivity index (χ2n) is 3.25. The van der Waals surface area contributed by atoms with E-state index >= 15 is 0 Å². The van der Waals surface area contributed by atoms with Gasteiger partial charge >= 0.3 is 0 Å². The molecule has 0 aliphatic heterocycles. The fourth-order valence-electron chi connectivity index (χ4n) is 1.27. The monoisotopic (exact) mass is 232 g/mol. The Hall–Kier alpha value is -2.50. The number of hydrogen-bond donors (Lipinski definition) is 2. The van der Waals surface area contributed by atoms with Crippen molar-refractivity contribution in [1.29, 1.82) is 0 Å². The lowest BCUT2D eigenvalue weighted by molar-refractivity contribution is 0.102. The number of amides is 1. The van der Waals surface area contributed by atoms with E-state index in [4.69, 9.17) is 5.73 Å². The maximum atomic E-state index is 13.2. The number of nitrogens with one attached hydrogen (secondary N) is 1. The molecule has 0 saturated heterocycles. The molecule has 2 aromatic heterocycles. The van der Waals surface area contributed by atoms with Gasteiger partial charge in [-0.2, -0.15) is 0 Å². The first-order chi connectivity index (χ1) is 8.18. The average molecular weight is 232 g/mol. The van der Waals surface area contributed by atoms with Crippen LogP contribution in [0.1, 0.15) is 10.5 Å². The molecule has 17 heavy (non-hydrogen) atoms. The van der Waals surface area contributed by atoms with Crippen molar-refractivity contribution < 1.29 is 9.18 Å². The maximum absolute atomic E-state index is 13.2. The molecule has 0 fully saturated rings. The normalized spacial score (nSPS) is 9.94. The minimum absolute atomic E-state index is 0.0371. The summed E-state index contributed by atoms with van der Waals surface area (Å²) < 4.78 is 13.2. The zero-order valence-corrected chi connectivity index (χ0v) is 8.72. The van der Waals surface area contributed by atoms with Gasteiger partial charge in [-0.25, -0.2) is 9.37 Å². The van der Waals surface area contributed by atoms with Gasteiger partial charge in [-0.1, -0.05) is 0 Å². The van der Waals surface area contributed by atoms with Gasteiger partial charge in [-0.05, 0) is 18.2 Å². The summed E-state index contributed by atoms with van der Waals surface area (Å²) in [4.78, 5) is 19.2. The van der Waals surface area contributed by atoms with E-state index in [0.717, 1.165) is 6.20 Å². The minimum Gasteiger partial charge on any atom is -0.397 e. The second kappa shape index (κ2) is 4.56. The molecule has 2 heterocycles. The van der Waals surface area contributed by atoms with Crippen LogP contribution in [0.2, 0.25) is 0 Å². The summed E-state index contributed by atoms with van der Waals surface area (Å²) in [6.45, 7) is 0. The summed E-state index contributed by atoms with van der Waals surface area (Å²) in [6, 6.07) is 4.51. The van der Waals surface area contributed by atoms with E-state index in [1.165, 1.54) is 18.5 Å². The number of carbonyl (C=O) groups excluding carboxylic acids is 1. The number of pyridine rings is 2. The summed E-state index contributed by atoms with van der Waals surface area (Å²) in [5.74, 6) is -1.18. The number of aromatic nitrogens is 2. The fraction of sp³-hybridized carbons (Fsp3) is 0. The first kappa shape index (κ1) is 11.0. The third kappa shape index (κ3) is 2.36. The molecule has 86 valence electrons. The van der Waals surface area contributed by atoms with Crippen LogP contribution in [0, 0.1) is 5.82 Å². The lowest BCUT2D eigenvalue weighted by Gasteiger charge is -2.06. The summed E-state index contributed by atoms with van der Waals surface area (Å²) in [5, 5.41) is 2.37. The van der Waals surface area contributed by atoms with Crippen LogP contribution in [0.5, 0.6) is 0 Å². The molecule has 1 amide bonds. The molecular formula is C11H9FN4O. The topological polar surface area (TPSA) is 80.9 Å². The van der Waals surface area contributed by atoms with Crippen molar-refractivity contribution >= 4 is 17.3 Å². The SMILES string of the molecule is Nc1cccnc1C(=O)Nc1ccncc1F. The number of rotatable bonds is 2. The van der Waals surface area contributed by atoms with E-state index in [2.05, 4.69) is 15.3 Å². The maximum Gasteiger partial charge on any atom is 0.276 e. The Morgan fingerprint density at radius 1 is 1.35 bits per heavy atom. The number of nitrogen functional groups attached to an aromatic ring is 1. The van der Waals surface area contributed by atoms with Gasteiger partial charge in [0, 0.05) is 12.4 Å². The predicted octanol–water partition coefficient (Wildman–Crippen LogP) is 1.45. The van der Waals surface area contributed by atoms with Crippen LogP contribution in [-0.4, -0.2) is 15.9 Å². The quantitative estimate of drug-likeness (QED) is 0.821. The Kier molecular flexibility index (Phi) is 2.95. The first-order valence-electron chi connectivity index (χ1n) is 4.80. The smallest absolute Gasteiger partial charge is 0.276 e. The number of anilines is 2. The van der Waals surface area contributed by atoms with E-state index in [1.54, 1.807) is 12.1 Å². The molecule has 3 N–H and O–H groups in total. The molecular weight excluding hydrogens is 223 g/mol. The van der Waals surface area contributed by atoms with Crippen LogP contribution in [0.3, 0.4) is 0 Å². The molecule has 2 rings (SSSR count). The summed E-state index contributed by atoms with van der Waals surface area (Å²) in [7, 11) is 0. The zero-order chi connectivity index (χ0) is 12.3. The van der Waals surface area contributed by atoms with Gasteiger partial charge in [-0.3, -0.25) is 9.78 Å². The molecule has 0 saturated carbocycles. The van der Waals surface area contributed by atoms with Crippen molar-refractivity contribution in [1.82, 2.24) is 9.97 Å². The molecule has 0 atom stereocenters. The fourth-order valence-corrected chi connectivity index (χ4v) is 1.27. The van der Waals surface area contributed by atoms with Crippen molar-refractivity contribution in [2.45, 2.75) is 0 Å². The molecule has 0 unspecified atom stereocenters. The number of nitrogens with zero attached hydrogens (tertiary/aromatic N) is 2. The van der Waals surface area contributed by atoms with Gasteiger partial charge in [0.25, 0.3) is 5.91 Å². The number of nitrogens with two attached hydrogens (primary N) is 1. The third-order valence-electron chi connectivity index (χ3n) is 2.07. The first-order valence-corrected chi connectivity index (χ1v) is 4.80. The molecule has 0 aliphatic rings. The van der Waals surface area contributed by atoms with Gasteiger partial charge in [0.05, 0.1) is 17.6 Å². The molecule has 5 nitrogen and oxygen atoms in total. The number of carbonyl (C=O) groups is 1. The van der Waals surface area contributed by atoms with Crippen LogP contribution < -0.4 is 11.1 Å². The van der Waals surface area contributed by atoms with Crippen molar-refractivity contribution in [3.63, 3.8) is 0 Å². The molecule has 0 spiro atoms. The molecule has 0 aromatic carbocycles. The van der Waals surface area contributed by atoms with Crippen LogP contribution in [0.15, 0.2) is 36.8 Å². The Labute approximate surface area is 96.5 Å². The number of halogens is 1. The zero-order valence-electron chi connectivity index (χ0n) is 8.72. The van der Waals surface area contributed by atoms with E-state index in [1.807, 2.05) is 0 Å². The summed E-state index contributed by atoms with van der Waals surface area (Å²) in [5.41, 5.74) is 5.92. The van der Waals surface area contributed by atoms with Crippen LogP contribution >= 0.6 is 0 Å². The van der Waals surface area contributed by atoms with Gasteiger partial charge in [-0.15, -0.1) is 0 Å². The minimum atomic E-state index is -0.615. The molecule has 0 bridgehead atoms. The van der Waals surface area contributed by atoms with E-state index < -0.39 is 11.7 Å². The Bertz CT molecular complexity index is 559. The van der Waals surface area contributed by atoms with Crippen molar-refractivity contribution in [3.8, 4) is 0 Å². The number of hydrogen-bond acceptors (Lipinski definition) is 4. The van der Waals surface area contributed by atoms with Gasteiger partial charge < -0.3 is 11.1 Å². The molecule has 0 radical (unpaired) electrons. The highest BCUT2D eigenvalue weighted by Crippen LogP contribution is 2.14. The van der Waals surface area contributed by atoms with Crippen LogP contribution in [0.4, 0.5) is 15.8 Å². The van der Waals surface area contributed by atoms with E-state index in [0.29, 0.717) is 0 Å². The van der Waals surface area contributed by atoms with Gasteiger partial charge in [0.15, 0.2) is 11.5 Å². The lowest BCUT2D eigenvalue weighted by atomic mass is 10.2. The standard InChI is InChI=1S/C11H9FN4O/c12-7-6-14-5-3-9(7)16-11(17)10-8(13)2-1-4-15-10/h1-6H,13H2,(H,14,16,17). The van der Waals surface area contributed by atoms with Gasteiger partial charge in [0.1, 0.15) is 0 Å². The Balaban J connectivity index is 2.24. The van der Waals surface area contributed by atoms with Crippen molar-refractivity contribution in [2.24, 2.45) is 0 Å². The molecule has 2 aromatic rings. The van der Waals surface area contributed by atoms with Crippen molar-refractivity contribution in [3.05, 3.63) is 48.3 Å². The van der Waals surface area contributed by atoms with E-state index in [-0.39, 0.29) is 17.1 Å².